The van der Waals surface area contributed by atoms with Crippen molar-refractivity contribution >= 4 is 23.2 Å². The van der Waals surface area contributed by atoms with Crippen molar-refractivity contribution in [2.24, 2.45) is 0 Å². The second-order valence-corrected chi connectivity index (χ2v) is 6.35. The van der Waals surface area contributed by atoms with Crippen LogP contribution >= 0.6 is 11.6 Å². The first-order chi connectivity index (χ1) is 12.5. The molecule has 0 saturated carbocycles. The molecule has 2 heterocycles. The Morgan fingerprint density at radius 1 is 1.42 bits per heavy atom. The average molecular weight is 376 g/mol. The zero-order valence-electron chi connectivity index (χ0n) is 14.6. The number of halogens is 1. The third-order valence-electron chi connectivity index (χ3n) is 3.56. The van der Waals surface area contributed by atoms with Crippen LogP contribution in [-0.4, -0.2) is 32.7 Å². The predicted octanol–water partition coefficient (Wildman–Crippen LogP) is 3.36. The number of nitrogens with zero attached hydrogens (tertiary/aromatic N) is 4. The Bertz CT molecular complexity index is 919. The Balaban J connectivity index is 1.64. The van der Waals surface area contributed by atoms with Crippen molar-refractivity contribution in [2.45, 2.75) is 26.3 Å². The van der Waals surface area contributed by atoms with Crippen LogP contribution in [-0.2, 0) is 11.3 Å². The van der Waals surface area contributed by atoms with E-state index in [1.807, 2.05) is 13.8 Å². The third-order valence-corrected chi connectivity index (χ3v) is 3.86. The Kier molecular flexibility index (Phi) is 5.22. The Morgan fingerprint density at radius 2 is 2.23 bits per heavy atom. The maximum atomic E-state index is 12.2. The van der Waals surface area contributed by atoms with Gasteiger partial charge in [0.15, 0.2) is 0 Å². The summed E-state index contributed by atoms with van der Waals surface area (Å²) < 4.78 is 11.9. The largest absolute Gasteiger partial charge is 0.495 e. The second kappa shape index (κ2) is 7.57. The lowest BCUT2D eigenvalue weighted by Crippen LogP contribution is -2.17. The zero-order valence-corrected chi connectivity index (χ0v) is 15.3. The fourth-order valence-electron chi connectivity index (χ4n) is 2.25. The number of hydrogen-bond donors (Lipinski definition) is 1. The van der Waals surface area contributed by atoms with Gasteiger partial charge in [0.05, 0.1) is 18.5 Å². The van der Waals surface area contributed by atoms with Gasteiger partial charge in [0.1, 0.15) is 18.0 Å². The lowest BCUT2D eigenvalue weighted by Gasteiger charge is -2.08. The van der Waals surface area contributed by atoms with Crippen molar-refractivity contribution in [3.8, 4) is 17.3 Å². The van der Waals surface area contributed by atoms with E-state index in [9.17, 15) is 4.79 Å². The number of hydrogen-bond acceptors (Lipinski definition) is 6. The number of nitrogens with one attached hydrogen (secondary N) is 1. The highest BCUT2D eigenvalue weighted by atomic mass is 35.5. The van der Waals surface area contributed by atoms with Crippen molar-refractivity contribution in [3.63, 3.8) is 0 Å². The van der Waals surface area contributed by atoms with E-state index in [1.165, 1.54) is 7.11 Å². The molecular formula is C17H18ClN5O3. The van der Waals surface area contributed by atoms with Gasteiger partial charge in [0.25, 0.3) is 0 Å². The van der Waals surface area contributed by atoms with Gasteiger partial charge in [0.2, 0.25) is 17.6 Å². The SMILES string of the molecule is COc1ccc(NC(=O)Cn2cnc(-c3noc(C(C)C)n3)c2)cc1Cl. The highest BCUT2D eigenvalue weighted by molar-refractivity contribution is 6.32. The molecule has 8 nitrogen and oxygen atoms in total. The molecule has 9 heteroatoms. The maximum absolute atomic E-state index is 12.2. The molecule has 0 spiro atoms. The van der Waals surface area contributed by atoms with E-state index in [1.54, 1.807) is 35.3 Å². The van der Waals surface area contributed by atoms with Crippen LogP contribution in [0.4, 0.5) is 5.69 Å². The maximum Gasteiger partial charge on any atom is 0.244 e. The first kappa shape index (κ1) is 17.9. The molecule has 1 amide bonds. The predicted molar refractivity (Wildman–Crippen MR) is 96.2 cm³/mol. The number of anilines is 1. The molecule has 0 unspecified atom stereocenters. The summed E-state index contributed by atoms with van der Waals surface area (Å²) in [6.45, 7) is 4.02. The number of ether oxygens (including phenoxy) is 1. The smallest absolute Gasteiger partial charge is 0.244 e. The fourth-order valence-corrected chi connectivity index (χ4v) is 2.50. The molecule has 3 aromatic rings. The first-order valence-electron chi connectivity index (χ1n) is 7.95. The summed E-state index contributed by atoms with van der Waals surface area (Å²) in [6, 6.07) is 5.04. The van der Waals surface area contributed by atoms with Gasteiger partial charge in [-0.15, -0.1) is 0 Å². The molecule has 0 bridgehead atoms. The minimum Gasteiger partial charge on any atom is -0.495 e. The normalized spacial score (nSPS) is 11.0. The average Bonchev–Trinajstić information content (AvgIpc) is 3.24. The van der Waals surface area contributed by atoms with Gasteiger partial charge in [-0.3, -0.25) is 4.79 Å². The van der Waals surface area contributed by atoms with Crippen LogP contribution < -0.4 is 10.1 Å². The number of benzene rings is 1. The van der Waals surface area contributed by atoms with Crippen molar-refractivity contribution in [2.75, 3.05) is 12.4 Å². The van der Waals surface area contributed by atoms with Crippen molar-refractivity contribution in [1.29, 1.82) is 0 Å². The van der Waals surface area contributed by atoms with Crippen LogP contribution in [0.1, 0.15) is 25.7 Å². The molecule has 0 fully saturated rings. The summed E-state index contributed by atoms with van der Waals surface area (Å²) in [6.07, 6.45) is 3.23. The van der Waals surface area contributed by atoms with E-state index in [0.29, 0.717) is 33.9 Å². The summed E-state index contributed by atoms with van der Waals surface area (Å²) in [5.41, 5.74) is 1.13. The Hall–Kier alpha value is -2.87. The molecule has 0 radical (unpaired) electrons. The molecule has 0 aliphatic rings. The van der Waals surface area contributed by atoms with Gasteiger partial charge in [-0.1, -0.05) is 30.6 Å². The third kappa shape index (κ3) is 4.02. The van der Waals surface area contributed by atoms with Crippen molar-refractivity contribution in [3.05, 3.63) is 41.6 Å². The van der Waals surface area contributed by atoms with Crippen LogP contribution in [0.5, 0.6) is 5.75 Å². The van der Waals surface area contributed by atoms with Gasteiger partial charge in [-0.05, 0) is 18.2 Å². The Morgan fingerprint density at radius 3 is 2.88 bits per heavy atom. The van der Waals surface area contributed by atoms with Crippen LogP contribution in [0.15, 0.2) is 35.2 Å². The summed E-state index contributed by atoms with van der Waals surface area (Å²) in [7, 11) is 1.53. The first-order valence-corrected chi connectivity index (χ1v) is 8.33. The van der Waals surface area contributed by atoms with E-state index < -0.39 is 0 Å². The number of methoxy groups -OCH3 is 1. The minimum absolute atomic E-state index is 0.0888. The number of amides is 1. The van der Waals surface area contributed by atoms with E-state index in [0.717, 1.165) is 0 Å². The molecule has 2 aromatic heterocycles. The quantitative estimate of drug-likeness (QED) is 0.709. The molecule has 136 valence electrons. The highest BCUT2D eigenvalue weighted by Crippen LogP contribution is 2.27. The number of carbonyl (C=O) groups is 1. The molecule has 0 aliphatic carbocycles. The van der Waals surface area contributed by atoms with Gasteiger partial charge >= 0.3 is 0 Å². The highest BCUT2D eigenvalue weighted by Gasteiger charge is 2.14. The fraction of sp³-hybridized carbons (Fsp3) is 0.294. The van der Waals surface area contributed by atoms with E-state index >= 15 is 0 Å². The second-order valence-electron chi connectivity index (χ2n) is 5.94. The van der Waals surface area contributed by atoms with Crippen LogP contribution in [0.3, 0.4) is 0 Å². The number of carbonyl (C=O) groups excluding carboxylic acids is 1. The molecule has 0 aliphatic heterocycles. The Labute approximate surface area is 155 Å². The van der Waals surface area contributed by atoms with Crippen molar-refractivity contribution < 1.29 is 14.1 Å². The number of imidazole rings is 1. The lowest BCUT2D eigenvalue weighted by atomic mass is 10.2. The monoisotopic (exact) mass is 375 g/mol. The molecular weight excluding hydrogens is 358 g/mol. The number of aromatic nitrogens is 4. The summed E-state index contributed by atoms with van der Waals surface area (Å²) >= 11 is 6.05. The standard InChI is InChI=1S/C17H18ClN5O3/c1-10(2)17-21-16(22-26-17)13-7-23(9-19-13)8-15(24)20-11-4-5-14(25-3)12(18)6-11/h4-7,9-10H,8H2,1-3H3,(H,20,24). The van der Waals surface area contributed by atoms with E-state index in [-0.39, 0.29) is 18.4 Å². The molecule has 1 aromatic carbocycles. The van der Waals surface area contributed by atoms with E-state index in [2.05, 4.69) is 20.4 Å². The zero-order chi connectivity index (χ0) is 18.7. The van der Waals surface area contributed by atoms with Gasteiger partial charge in [-0.25, -0.2) is 4.98 Å². The van der Waals surface area contributed by atoms with Crippen LogP contribution in [0, 0.1) is 0 Å². The van der Waals surface area contributed by atoms with Crippen molar-refractivity contribution in [1.82, 2.24) is 19.7 Å². The summed E-state index contributed by atoms with van der Waals surface area (Å²) in [5, 5.41) is 7.10. The lowest BCUT2D eigenvalue weighted by molar-refractivity contribution is -0.116. The summed E-state index contributed by atoms with van der Waals surface area (Å²) in [5.74, 6) is 1.41. The van der Waals surface area contributed by atoms with Gasteiger partial charge < -0.3 is 19.1 Å². The summed E-state index contributed by atoms with van der Waals surface area (Å²) in [4.78, 5) is 20.7. The molecule has 26 heavy (non-hydrogen) atoms. The van der Waals surface area contributed by atoms with Crippen LogP contribution in [0.2, 0.25) is 5.02 Å². The molecule has 1 N–H and O–H groups in total. The number of rotatable bonds is 6. The van der Waals surface area contributed by atoms with E-state index in [4.69, 9.17) is 20.9 Å². The van der Waals surface area contributed by atoms with Gasteiger partial charge in [0, 0.05) is 17.8 Å². The molecule has 3 rings (SSSR count). The molecule has 0 atom stereocenters. The van der Waals surface area contributed by atoms with Gasteiger partial charge in [-0.2, -0.15) is 4.98 Å². The van der Waals surface area contributed by atoms with Crippen LogP contribution in [0.25, 0.3) is 11.5 Å². The topological polar surface area (TPSA) is 95.1 Å². The molecule has 0 saturated heterocycles. The minimum atomic E-state index is -0.217.